The minimum Gasteiger partial charge on any atom is -0.403 e. The molecule has 1 heterocycles. The van der Waals surface area contributed by atoms with Crippen LogP contribution in [0.4, 0.5) is 0 Å². The summed E-state index contributed by atoms with van der Waals surface area (Å²) in [5, 5.41) is 0. The fourth-order valence-corrected chi connectivity index (χ4v) is 2.88. The van der Waals surface area contributed by atoms with Gasteiger partial charge >= 0.3 is 7.12 Å². The van der Waals surface area contributed by atoms with Gasteiger partial charge in [0.1, 0.15) is 0 Å². The summed E-state index contributed by atoms with van der Waals surface area (Å²) >= 11 is 0. The molecule has 2 nitrogen and oxygen atoms in total. The van der Waals surface area contributed by atoms with Crippen molar-refractivity contribution in [2.75, 3.05) is 0 Å². The van der Waals surface area contributed by atoms with E-state index in [-0.39, 0.29) is 24.1 Å². The van der Waals surface area contributed by atoms with Gasteiger partial charge in [-0.15, -0.1) is 0 Å². The molecule has 3 heteroatoms. The maximum absolute atomic E-state index is 6.20. The van der Waals surface area contributed by atoms with Gasteiger partial charge in [0, 0.05) is 5.82 Å². The Hall–Kier alpha value is -1.58. The normalized spacial score (nSPS) is 20.5. The minimum absolute atomic E-state index is 0.180. The molecule has 0 unspecified atom stereocenters. The van der Waals surface area contributed by atoms with E-state index >= 15 is 0 Å². The Morgan fingerprint density at radius 3 is 1.96 bits per heavy atom. The van der Waals surface area contributed by atoms with Crippen molar-refractivity contribution in [1.82, 2.24) is 0 Å². The van der Waals surface area contributed by atoms with Gasteiger partial charge in [0.15, 0.2) is 0 Å². The first-order valence-corrected chi connectivity index (χ1v) is 8.31. The Morgan fingerprint density at radius 2 is 1.35 bits per heavy atom. The van der Waals surface area contributed by atoms with Crippen molar-refractivity contribution in [3.63, 3.8) is 0 Å². The van der Waals surface area contributed by atoms with Gasteiger partial charge in [-0.05, 0) is 44.4 Å². The summed E-state index contributed by atoms with van der Waals surface area (Å²) in [6, 6.07) is 19.1. The van der Waals surface area contributed by atoms with Gasteiger partial charge in [-0.3, -0.25) is 0 Å². The zero-order valence-corrected chi connectivity index (χ0v) is 14.7. The van der Waals surface area contributed by atoms with Crippen LogP contribution in [0.2, 0.25) is 0 Å². The van der Waals surface area contributed by atoms with E-state index < -0.39 is 0 Å². The van der Waals surface area contributed by atoms with Crippen LogP contribution < -0.4 is 0 Å². The Balaban J connectivity index is 1.86. The third kappa shape index (κ3) is 3.08. The molecule has 120 valence electrons. The van der Waals surface area contributed by atoms with Crippen molar-refractivity contribution >= 4 is 7.12 Å². The molecule has 0 N–H and O–H groups in total. The van der Waals surface area contributed by atoms with Crippen LogP contribution in [-0.4, -0.2) is 18.3 Å². The van der Waals surface area contributed by atoms with Crippen molar-refractivity contribution in [2.45, 2.75) is 51.6 Å². The van der Waals surface area contributed by atoms with Gasteiger partial charge in [-0.25, -0.2) is 0 Å². The van der Waals surface area contributed by atoms with Crippen LogP contribution >= 0.6 is 0 Å². The zero-order chi connectivity index (χ0) is 16.7. The maximum atomic E-state index is 6.20. The topological polar surface area (TPSA) is 18.5 Å². The van der Waals surface area contributed by atoms with Crippen LogP contribution in [0, 0.1) is 0 Å². The second-order valence-electron chi connectivity index (χ2n) is 7.40. The first-order chi connectivity index (χ1) is 10.8. The van der Waals surface area contributed by atoms with Crippen molar-refractivity contribution in [1.29, 1.82) is 0 Å². The van der Waals surface area contributed by atoms with Gasteiger partial charge in [0.05, 0.1) is 11.2 Å². The highest BCUT2D eigenvalue weighted by molar-refractivity contribution is 6.47. The summed E-state index contributed by atoms with van der Waals surface area (Å²) in [4.78, 5) is 0. The molecular weight excluding hydrogens is 283 g/mol. The summed E-state index contributed by atoms with van der Waals surface area (Å²) in [6.45, 7) is 10.6. The van der Waals surface area contributed by atoms with Gasteiger partial charge in [-0.1, -0.05) is 61.5 Å². The molecule has 0 radical (unpaired) electrons. The predicted octanol–water partition coefficient (Wildman–Crippen LogP) is 5.09. The number of rotatable bonds is 3. The Kier molecular flexibility index (Phi) is 4.11. The molecule has 1 aliphatic rings. The summed E-state index contributed by atoms with van der Waals surface area (Å²) in [5.74, 6) is 0.180. The molecule has 0 saturated carbocycles. The molecule has 0 aromatic heterocycles. The molecule has 3 rings (SSSR count). The van der Waals surface area contributed by atoms with Crippen LogP contribution in [0.5, 0.6) is 0 Å². The van der Waals surface area contributed by atoms with Crippen LogP contribution in [0.3, 0.4) is 0 Å². The van der Waals surface area contributed by atoms with Crippen molar-refractivity contribution in [2.24, 2.45) is 0 Å². The molecule has 1 atom stereocenters. The quantitative estimate of drug-likeness (QED) is 0.735. The van der Waals surface area contributed by atoms with E-state index in [4.69, 9.17) is 9.31 Å². The molecular formula is C20H25BO2. The lowest BCUT2D eigenvalue weighted by Crippen LogP contribution is -2.41. The first-order valence-electron chi connectivity index (χ1n) is 8.31. The molecule has 2 aromatic rings. The lowest BCUT2D eigenvalue weighted by atomic mass is 9.69. The van der Waals surface area contributed by atoms with E-state index in [1.165, 1.54) is 16.7 Å². The van der Waals surface area contributed by atoms with Gasteiger partial charge < -0.3 is 9.31 Å². The van der Waals surface area contributed by atoms with E-state index in [1.807, 2.05) is 6.07 Å². The Labute approximate surface area is 140 Å². The molecule has 0 aliphatic carbocycles. The molecule has 1 aliphatic heterocycles. The predicted molar refractivity (Wildman–Crippen MR) is 96.4 cm³/mol. The number of hydrogen-bond acceptors (Lipinski definition) is 2. The average Bonchev–Trinajstić information content (AvgIpc) is 2.76. The highest BCUT2D eigenvalue weighted by Gasteiger charge is 2.52. The lowest BCUT2D eigenvalue weighted by Gasteiger charge is -2.32. The summed E-state index contributed by atoms with van der Waals surface area (Å²) in [5.41, 5.74) is 3.12. The second kappa shape index (κ2) is 5.81. The Bertz CT molecular complexity index is 663. The van der Waals surface area contributed by atoms with Crippen LogP contribution in [-0.2, 0) is 9.31 Å². The van der Waals surface area contributed by atoms with E-state index in [9.17, 15) is 0 Å². The zero-order valence-electron chi connectivity index (χ0n) is 14.7. The molecule has 1 saturated heterocycles. The van der Waals surface area contributed by atoms with Crippen molar-refractivity contribution < 1.29 is 9.31 Å². The molecule has 0 spiro atoms. The molecule has 23 heavy (non-hydrogen) atoms. The minimum atomic E-state index is -0.289. The van der Waals surface area contributed by atoms with Gasteiger partial charge in [-0.2, -0.15) is 0 Å². The fourth-order valence-electron chi connectivity index (χ4n) is 2.88. The fraction of sp³-hybridized carbons (Fsp3) is 0.400. The highest BCUT2D eigenvalue weighted by atomic mass is 16.7. The smallest absolute Gasteiger partial charge is 0.403 e. The average molecular weight is 308 g/mol. The monoisotopic (exact) mass is 308 g/mol. The van der Waals surface area contributed by atoms with E-state index in [0.717, 1.165) is 0 Å². The van der Waals surface area contributed by atoms with E-state index in [2.05, 4.69) is 83.1 Å². The van der Waals surface area contributed by atoms with Gasteiger partial charge in [0.25, 0.3) is 0 Å². The number of benzene rings is 2. The maximum Gasteiger partial charge on any atom is 0.465 e. The standard InChI is InChI=1S/C20H25BO2/c1-15(21-22-19(2,3)20(4,5)23-21)17-12-9-13-18(14-17)16-10-7-6-8-11-16/h6-15H,1-5H3/t15-/m1/s1. The van der Waals surface area contributed by atoms with E-state index in [1.54, 1.807) is 0 Å². The second-order valence-corrected chi connectivity index (χ2v) is 7.40. The lowest BCUT2D eigenvalue weighted by molar-refractivity contribution is 0.00578. The summed E-state index contributed by atoms with van der Waals surface area (Å²) < 4.78 is 12.4. The third-order valence-corrected chi connectivity index (χ3v) is 5.20. The van der Waals surface area contributed by atoms with Crippen molar-refractivity contribution in [3.05, 3.63) is 60.2 Å². The largest absolute Gasteiger partial charge is 0.465 e. The molecule has 2 aromatic carbocycles. The molecule has 0 bridgehead atoms. The van der Waals surface area contributed by atoms with Crippen LogP contribution in [0.25, 0.3) is 11.1 Å². The van der Waals surface area contributed by atoms with Gasteiger partial charge in [0.2, 0.25) is 0 Å². The highest BCUT2D eigenvalue weighted by Crippen LogP contribution is 2.41. The first kappa shape index (κ1) is 16.3. The van der Waals surface area contributed by atoms with E-state index in [0.29, 0.717) is 0 Å². The SMILES string of the molecule is C[C@@H](B1OC(C)(C)C(C)(C)O1)c1cccc(-c2ccccc2)c1. The Morgan fingerprint density at radius 1 is 0.783 bits per heavy atom. The third-order valence-electron chi connectivity index (χ3n) is 5.20. The molecule has 0 amide bonds. The van der Waals surface area contributed by atoms with Crippen LogP contribution in [0.1, 0.15) is 46.0 Å². The number of hydrogen-bond donors (Lipinski definition) is 0. The van der Waals surface area contributed by atoms with Crippen molar-refractivity contribution in [3.8, 4) is 11.1 Å². The summed E-state index contributed by atoms with van der Waals surface area (Å²) in [7, 11) is -0.217. The van der Waals surface area contributed by atoms with Crippen LogP contribution in [0.15, 0.2) is 54.6 Å². The summed E-state index contributed by atoms with van der Waals surface area (Å²) in [6.07, 6.45) is 0. The molecule has 1 fully saturated rings.